The molecule has 0 aliphatic rings. The van der Waals surface area contributed by atoms with E-state index in [1.54, 1.807) is 19.1 Å². The molecule has 1 unspecified atom stereocenters. The molecule has 5 N–H and O–H groups in total. The average molecular weight is 196 g/mol. The molecule has 14 heavy (non-hydrogen) atoms. The SMILES string of the molecule is CCOc1ccc(N)c(C(C)O)c1N. The van der Waals surface area contributed by atoms with E-state index >= 15 is 0 Å². The fraction of sp³-hybridized carbons (Fsp3) is 0.400. The van der Waals surface area contributed by atoms with Crippen LogP contribution in [0.2, 0.25) is 0 Å². The van der Waals surface area contributed by atoms with Gasteiger partial charge in [0.05, 0.1) is 18.4 Å². The van der Waals surface area contributed by atoms with Crippen molar-refractivity contribution in [2.45, 2.75) is 20.0 Å². The second-order valence-electron chi connectivity index (χ2n) is 3.09. The van der Waals surface area contributed by atoms with E-state index in [1.807, 2.05) is 6.92 Å². The highest BCUT2D eigenvalue weighted by molar-refractivity contribution is 5.69. The van der Waals surface area contributed by atoms with E-state index in [2.05, 4.69) is 0 Å². The number of nitrogens with two attached hydrogens (primary N) is 2. The standard InChI is InChI=1S/C10H16N2O2/c1-3-14-8-5-4-7(11)9(6(2)13)10(8)12/h4-6,13H,3,11-12H2,1-2H3. The molecule has 1 aromatic rings. The lowest BCUT2D eigenvalue weighted by molar-refractivity contribution is 0.200. The van der Waals surface area contributed by atoms with E-state index in [1.165, 1.54) is 0 Å². The Morgan fingerprint density at radius 1 is 1.43 bits per heavy atom. The summed E-state index contributed by atoms with van der Waals surface area (Å²) in [5, 5.41) is 9.46. The van der Waals surface area contributed by atoms with Crippen molar-refractivity contribution in [2.24, 2.45) is 0 Å². The molecule has 0 fully saturated rings. The quantitative estimate of drug-likeness (QED) is 0.636. The van der Waals surface area contributed by atoms with Crippen LogP contribution in [-0.4, -0.2) is 11.7 Å². The highest BCUT2D eigenvalue weighted by Gasteiger charge is 2.13. The molecule has 0 aliphatic carbocycles. The van der Waals surface area contributed by atoms with Crippen LogP contribution < -0.4 is 16.2 Å². The molecule has 1 aromatic carbocycles. The van der Waals surface area contributed by atoms with Crippen molar-refractivity contribution in [2.75, 3.05) is 18.1 Å². The van der Waals surface area contributed by atoms with Gasteiger partial charge in [-0.3, -0.25) is 0 Å². The number of aliphatic hydroxyl groups excluding tert-OH is 1. The topological polar surface area (TPSA) is 81.5 Å². The molecule has 4 heteroatoms. The second-order valence-corrected chi connectivity index (χ2v) is 3.09. The number of hydrogen-bond donors (Lipinski definition) is 3. The van der Waals surface area contributed by atoms with Crippen LogP contribution in [-0.2, 0) is 0 Å². The Labute approximate surface area is 83.5 Å². The van der Waals surface area contributed by atoms with Gasteiger partial charge in [0.25, 0.3) is 0 Å². The molecule has 1 rings (SSSR count). The summed E-state index contributed by atoms with van der Waals surface area (Å²) in [6.07, 6.45) is -0.685. The van der Waals surface area contributed by atoms with E-state index in [4.69, 9.17) is 16.2 Å². The monoisotopic (exact) mass is 196 g/mol. The van der Waals surface area contributed by atoms with Gasteiger partial charge in [-0.1, -0.05) is 0 Å². The van der Waals surface area contributed by atoms with Crippen LogP contribution in [0.25, 0.3) is 0 Å². The molecule has 0 bridgehead atoms. The van der Waals surface area contributed by atoms with Crippen LogP contribution in [0.4, 0.5) is 11.4 Å². The van der Waals surface area contributed by atoms with E-state index in [9.17, 15) is 5.11 Å². The Bertz CT molecular complexity index is 324. The van der Waals surface area contributed by atoms with Crippen molar-refractivity contribution in [1.82, 2.24) is 0 Å². The zero-order chi connectivity index (χ0) is 10.7. The third-order valence-corrected chi connectivity index (χ3v) is 2.00. The Balaban J connectivity index is 3.19. The lowest BCUT2D eigenvalue weighted by Gasteiger charge is -2.15. The number of hydrogen-bond acceptors (Lipinski definition) is 4. The van der Waals surface area contributed by atoms with Gasteiger partial charge in [-0.2, -0.15) is 0 Å². The van der Waals surface area contributed by atoms with Crippen LogP contribution in [0.3, 0.4) is 0 Å². The first kappa shape index (κ1) is 10.7. The summed E-state index contributed by atoms with van der Waals surface area (Å²) in [7, 11) is 0. The summed E-state index contributed by atoms with van der Waals surface area (Å²) < 4.78 is 5.29. The molecule has 0 saturated carbocycles. The molecule has 0 aliphatic heterocycles. The van der Waals surface area contributed by atoms with Gasteiger partial charge in [0, 0.05) is 11.3 Å². The minimum absolute atomic E-state index is 0.418. The first-order valence-corrected chi connectivity index (χ1v) is 4.56. The minimum atomic E-state index is -0.685. The molecule has 0 amide bonds. The molecule has 1 atom stereocenters. The molecule has 4 nitrogen and oxygen atoms in total. The van der Waals surface area contributed by atoms with Crippen molar-refractivity contribution >= 4 is 11.4 Å². The van der Waals surface area contributed by atoms with Crippen molar-refractivity contribution < 1.29 is 9.84 Å². The fourth-order valence-electron chi connectivity index (χ4n) is 1.38. The highest BCUT2D eigenvalue weighted by Crippen LogP contribution is 2.34. The maximum Gasteiger partial charge on any atom is 0.142 e. The number of nitrogen functional groups attached to an aromatic ring is 2. The number of benzene rings is 1. The Morgan fingerprint density at radius 2 is 2.07 bits per heavy atom. The van der Waals surface area contributed by atoms with Gasteiger partial charge in [0.2, 0.25) is 0 Å². The van der Waals surface area contributed by atoms with Crippen LogP contribution in [0.15, 0.2) is 12.1 Å². The summed E-state index contributed by atoms with van der Waals surface area (Å²) in [4.78, 5) is 0. The molecule has 0 heterocycles. The Morgan fingerprint density at radius 3 is 2.57 bits per heavy atom. The predicted octanol–water partition coefficient (Wildman–Crippen LogP) is 1.30. The third kappa shape index (κ3) is 1.90. The molecule has 0 radical (unpaired) electrons. The summed E-state index contributed by atoms with van der Waals surface area (Å²) >= 11 is 0. The van der Waals surface area contributed by atoms with Crippen molar-refractivity contribution in [1.29, 1.82) is 0 Å². The average Bonchev–Trinajstić information content (AvgIpc) is 2.10. The summed E-state index contributed by atoms with van der Waals surface area (Å²) in [5.41, 5.74) is 12.9. The lowest BCUT2D eigenvalue weighted by atomic mass is 10.1. The second kappa shape index (κ2) is 4.19. The van der Waals surface area contributed by atoms with Crippen LogP contribution in [0, 0.1) is 0 Å². The Kier molecular flexibility index (Phi) is 3.19. The molecule has 0 spiro atoms. The first-order valence-electron chi connectivity index (χ1n) is 4.56. The fourth-order valence-corrected chi connectivity index (χ4v) is 1.38. The van der Waals surface area contributed by atoms with E-state index < -0.39 is 6.10 Å². The number of ether oxygens (including phenoxy) is 1. The van der Waals surface area contributed by atoms with Gasteiger partial charge in [-0.15, -0.1) is 0 Å². The molecule has 0 saturated heterocycles. The van der Waals surface area contributed by atoms with Gasteiger partial charge >= 0.3 is 0 Å². The number of aliphatic hydroxyl groups is 1. The smallest absolute Gasteiger partial charge is 0.142 e. The van der Waals surface area contributed by atoms with Crippen LogP contribution in [0.1, 0.15) is 25.5 Å². The maximum atomic E-state index is 9.46. The van der Waals surface area contributed by atoms with Gasteiger partial charge in [0.15, 0.2) is 0 Å². The molecule has 0 aromatic heterocycles. The predicted molar refractivity (Wildman–Crippen MR) is 57.1 cm³/mol. The largest absolute Gasteiger partial charge is 0.492 e. The van der Waals surface area contributed by atoms with Crippen molar-refractivity contribution in [3.05, 3.63) is 17.7 Å². The van der Waals surface area contributed by atoms with Gasteiger partial charge < -0.3 is 21.3 Å². The van der Waals surface area contributed by atoms with Gasteiger partial charge in [-0.05, 0) is 26.0 Å². The minimum Gasteiger partial charge on any atom is -0.492 e. The van der Waals surface area contributed by atoms with Gasteiger partial charge in [0.1, 0.15) is 5.75 Å². The number of rotatable bonds is 3. The van der Waals surface area contributed by atoms with E-state index in [-0.39, 0.29) is 0 Å². The highest BCUT2D eigenvalue weighted by atomic mass is 16.5. The first-order chi connectivity index (χ1) is 6.57. The van der Waals surface area contributed by atoms with E-state index in [0.29, 0.717) is 29.3 Å². The van der Waals surface area contributed by atoms with Gasteiger partial charge in [-0.25, -0.2) is 0 Å². The normalized spacial score (nSPS) is 12.5. The molecule has 78 valence electrons. The summed E-state index contributed by atoms with van der Waals surface area (Å²) in [6.45, 7) is 4.03. The Hall–Kier alpha value is -1.42. The zero-order valence-corrected chi connectivity index (χ0v) is 8.45. The van der Waals surface area contributed by atoms with E-state index in [0.717, 1.165) is 0 Å². The molecular weight excluding hydrogens is 180 g/mol. The third-order valence-electron chi connectivity index (χ3n) is 2.00. The maximum absolute atomic E-state index is 9.46. The molecular formula is C10H16N2O2. The lowest BCUT2D eigenvalue weighted by Crippen LogP contribution is -2.06. The summed E-state index contributed by atoms with van der Waals surface area (Å²) in [5.74, 6) is 0.567. The van der Waals surface area contributed by atoms with Crippen molar-refractivity contribution in [3.8, 4) is 5.75 Å². The number of anilines is 2. The van der Waals surface area contributed by atoms with Crippen molar-refractivity contribution in [3.63, 3.8) is 0 Å². The van der Waals surface area contributed by atoms with Crippen LogP contribution >= 0.6 is 0 Å². The van der Waals surface area contributed by atoms with Crippen LogP contribution in [0.5, 0.6) is 5.75 Å². The summed E-state index contributed by atoms with van der Waals surface area (Å²) in [6, 6.07) is 3.39. The zero-order valence-electron chi connectivity index (χ0n) is 8.45.